The lowest BCUT2D eigenvalue weighted by Crippen LogP contribution is -2.19. The topological polar surface area (TPSA) is 83.8 Å². The maximum absolute atomic E-state index is 11.3. The second-order valence-corrected chi connectivity index (χ2v) is 4.84. The van der Waals surface area contributed by atoms with Crippen molar-refractivity contribution in [3.05, 3.63) is 52.1 Å². The zero-order valence-corrected chi connectivity index (χ0v) is 10.5. The molecule has 5 nitrogen and oxygen atoms in total. The van der Waals surface area contributed by atoms with Crippen LogP contribution in [0.15, 0.2) is 35.4 Å². The summed E-state index contributed by atoms with van der Waals surface area (Å²) < 4.78 is 0. The van der Waals surface area contributed by atoms with Gasteiger partial charge in [-0.25, -0.2) is 4.98 Å². The third-order valence-corrected chi connectivity index (χ3v) is 3.48. The van der Waals surface area contributed by atoms with E-state index in [0.29, 0.717) is 5.82 Å². The molecule has 1 aliphatic rings. The van der Waals surface area contributed by atoms with Gasteiger partial charge in [0.05, 0.1) is 12.4 Å². The SMILES string of the molecule is Nc1ccc2c(c1)CCCC2Nc1cc(=O)[nH]cn1. The summed E-state index contributed by atoms with van der Waals surface area (Å²) in [6.45, 7) is 0. The number of hydrogen-bond acceptors (Lipinski definition) is 4. The average Bonchev–Trinajstić information content (AvgIpc) is 2.38. The molecule has 1 aromatic heterocycles. The first-order valence-corrected chi connectivity index (χ1v) is 6.42. The molecule has 1 atom stereocenters. The molecule has 1 heterocycles. The average molecular weight is 256 g/mol. The maximum atomic E-state index is 11.3. The summed E-state index contributed by atoms with van der Waals surface area (Å²) in [5.74, 6) is 0.610. The van der Waals surface area contributed by atoms with E-state index in [0.717, 1.165) is 24.9 Å². The van der Waals surface area contributed by atoms with Gasteiger partial charge in [0, 0.05) is 11.8 Å². The molecule has 0 fully saturated rings. The molecule has 1 unspecified atom stereocenters. The first-order valence-electron chi connectivity index (χ1n) is 6.42. The van der Waals surface area contributed by atoms with Crippen LogP contribution in [0.3, 0.4) is 0 Å². The minimum absolute atomic E-state index is 0.147. The smallest absolute Gasteiger partial charge is 0.252 e. The molecule has 19 heavy (non-hydrogen) atoms. The minimum atomic E-state index is -0.147. The minimum Gasteiger partial charge on any atom is -0.399 e. The van der Waals surface area contributed by atoms with Gasteiger partial charge in [-0.3, -0.25) is 4.79 Å². The van der Waals surface area contributed by atoms with Crippen molar-refractivity contribution in [2.45, 2.75) is 25.3 Å². The number of H-pyrrole nitrogens is 1. The highest BCUT2D eigenvalue weighted by molar-refractivity contribution is 5.49. The van der Waals surface area contributed by atoms with Crippen LogP contribution < -0.4 is 16.6 Å². The van der Waals surface area contributed by atoms with Crippen molar-refractivity contribution >= 4 is 11.5 Å². The van der Waals surface area contributed by atoms with E-state index in [1.54, 1.807) is 0 Å². The Hall–Kier alpha value is -2.30. The number of nitrogens with zero attached hydrogens (tertiary/aromatic N) is 1. The first kappa shape index (κ1) is 11.8. The van der Waals surface area contributed by atoms with Crippen LogP contribution in [0.4, 0.5) is 11.5 Å². The molecule has 0 bridgehead atoms. The van der Waals surface area contributed by atoms with Crippen molar-refractivity contribution < 1.29 is 0 Å². The summed E-state index contributed by atoms with van der Waals surface area (Å²) in [7, 11) is 0. The van der Waals surface area contributed by atoms with Gasteiger partial charge in [-0.15, -0.1) is 0 Å². The van der Waals surface area contributed by atoms with Crippen molar-refractivity contribution in [3.63, 3.8) is 0 Å². The Morgan fingerprint density at radius 1 is 1.37 bits per heavy atom. The molecule has 0 saturated carbocycles. The van der Waals surface area contributed by atoms with E-state index in [-0.39, 0.29) is 11.6 Å². The van der Waals surface area contributed by atoms with Crippen LogP contribution in [0.2, 0.25) is 0 Å². The number of nitrogen functional groups attached to an aromatic ring is 1. The van der Waals surface area contributed by atoms with Crippen LogP contribution in [0.1, 0.15) is 30.0 Å². The summed E-state index contributed by atoms with van der Waals surface area (Å²) in [5, 5.41) is 3.33. The molecule has 0 amide bonds. The molecule has 2 aromatic rings. The number of aryl methyl sites for hydroxylation is 1. The second kappa shape index (κ2) is 4.76. The van der Waals surface area contributed by atoms with Crippen molar-refractivity contribution in [3.8, 4) is 0 Å². The van der Waals surface area contributed by atoms with Crippen molar-refractivity contribution in [2.24, 2.45) is 0 Å². The number of hydrogen-bond donors (Lipinski definition) is 3. The van der Waals surface area contributed by atoms with Gasteiger partial charge in [0.1, 0.15) is 5.82 Å². The van der Waals surface area contributed by atoms with Crippen molar-refractivity contribution in [1.82, 2.24) is 9.97 Å². The van der Waals surface area contributed by atoms with Crippen molar-refractivity contribution in [2.75, 3.05) is 11.1 Å². The predicted octanol–water partition coefficient (Wildman–Crippen LogP) is 1.84. The molecular formula is C14H16N4O. The van der Waals surface area contributed by atoms with Gasteiger partial charge in [0.15, 0.2) is 0 Å². The molecule has 0 saturated heterocycles. The molecule has 98 valence electrons. The highest BCUT2D eigenvalue weighted by atomic mass is 16.1. The third kappa shape index (κ3) is 2.45. The monoisotopic (exact) mass is 256 g/mol. The lowest BCUT2D eigenvalue weighted by atomic mass is 9.87. The summed E-state index contributed by atoms with van der Waals surface area (Å²) in [6.07, 6.45) is 4.61. The zero-order chi connectivity index (χ0) is 13.2. The van der Waals surface area contributed by atoms with E-state index in [1.165, 1.54) is 23.5 Å². The predicted molar refractivity (Wildman–Crippen MR) is 75.0 cm³/mol. The van der Waals surface area contributed by atoms with Gasteiger partial charge in [-0.05, 0) is 42.5 Å². The van der Waals surface area contributed by atoms with Crippen LogP contribution in [-0.4, -0.2) is 9.97 Å². The molecule has 1 aromatic carbocycles. The lowest BCUT2D eigenvalue weighted by Gasteiger charge is -2.27. The molecule has 0 spiro atoms. The van der Waals surface area contributed by atoms with Gasteiger partial charge < -0.3 is 16.0 Å². The van der Waals surface area contributed by atoms with Crippen LogP contribution >= 0.6 is 0 Å². The highest BCUT2D eigenvalue weighted by Gasteiger charge is 2.20. The number of anilines is 2. The van der Waals surface area contributed by atoms with Crippen LogP contribution in [0, 0.1) is 0 Å². The maximum Gasteiger partial charge on any atom is 0.252 e. The molecule has 0 aliphatic heterocycles. The van der Waals surface area contributed by atoms with Gasteiger partial charge in [0.25, 0.3) is 5.56 Å². The second-order valence-electron chi connectivity index (χ2n) is 4.84. The molecule has 0 radical (unpaired) electrons. The third-order valence-electron chi connectivity index (χ3n) is 3.48. The quantitative estimate of drug-likeness (QED) is 0.716. The largest absolute Gasteiger partial charge is 0.399 e. The lowest BCUT2D eigenvalue weighted by molar-refractivity contribution is 0.598. The number of fused-ring (bicyclic) bond motifs is 1. The van der Waals surface area contributed by atoms with Crippen molar-refractivity contribution in [1.29, 1.82) is 0 Å². The van der Waals surface area contributed by atoms with Gasteiger partial charge in [-0.2, -0.15) is 0 Å². The Kier molecular flexibility index (Phi) is 2.95. The van der Waals surface area contributed by atoms with E-state index in [1.807, 2.05) is 12.1 Å². The number of aromatic nitrogens is 2. The molecule has 3 rings (SSSR count). The van der Waals surface area contributed by atoms with Gasteiger partial charge in [-0.1, -0.05) is 6.07 Å². The molecule has 1 aliphatic carbocycles. The fourth-order valence-corrected chi connectivity index (χ4v) is 2.61. The van der Waals surface area contributed by atoms with E-state index < -0.39 is 0 Å². The molecule has 4 N–H and O–H groups in total. The Balaban J connectivity index is 1.90. The number of benzene rings is 1. The van der Waals surface area contributed by atoms with Gasteiger partial charge >= 0.3 is 0 Å². The Bertz CT molecular complexity index is 650. The van der Waals surface area contributed by atoms with E-state index >= 15 is 0 Å². The van der Waals surface area contributed by atoms with Gasteiger partial charge in [0.2, 0.25) is 0 Å². The summed E-state index contributed by atoms with van der Waals surface area (Å²) in [4.78, 5) is 17.9. The standard InChI is InChI=1S/C14H16N4O/c15-10-4-5-11-9(6-10)2-1-3-12(11)18-13-7-14(19)17-8-16-13/h4-8,12H,1-3,15H2,(H2,16,17,18,19). The van der Waals surface area contributed by atoms with Crippen LogP contribution in [0.5, 0.6) is 0 Å². The first-order chi connectivity index (χ1) is 9.22. The summed E-state index contributed by atoms with van der Waals surface area (Å²) >= 11 is 0. The number of rotatable bonds is 2. The fraction of sp³-hybridized carbons (Fsp3) is 0.286. The van der Waals surface area contributed by atoms with E-state index in [9.17, 15) is 4.79 Å². The fourth-order valence-electron chi connectivity index (χ4n) is 2.61. The normalized spacial score (nSPS) is 17.8. The molecular weight excluding hydrogens is 240 g/mol. The van der Waals surface area contributed by atoms with E-state index in [2.05, 4.69) is 21.4 Å². The van der Waals surface area contributed by atoms with E-state index in [4.69, 9.17) is 5.73 Å². The number of nitrogens with one attached hydrogen (secondary N) is 2. The Morgan fingerprint density at radius 2 is 2.26 bits per heavy atom. The number of nitrogens with two attached hydrogens (primary N) is 1. The van der Waals surface area contributed by atoms with Crippen LogP contribution in [-0.2, 0) is 6.42 Å². The summed E-state index contributed by atoms with van der Waals surface area (Å²) in [5.41, 5.74) is 9.01. The highest BCUT2D eigenvalue weighted by Crippen LogP contribution is 2.32. The van der Waals surface area contributed by atoms with Crippen LogP contribution in [0.25, 0.3) is 0 Å². The number of aromatic amines is 1. The summed E-state index contributed by atoms with van der Waals surface area (Å²) in [6, 6.07) is 7.69. The Labute approximate surface area is 110 Å². The zero-order valence-electron chi connectivity index (χ0n) is 10.5. The molecule has 5 heteroatoms. The Morgan fingerprint density at radius 3 is 3.11 bits per heavy atom.